The molecule has 8 heteroatoms. The summed E-state index contributed by atoms with van der Waals surface area (Å²) in [5.41, 5.74) is 5.83. The average molecular weight is 439 g/mol. The Bertz CT molecular complexity index is 1160. The third-order valence-electron chi connectivity index (χ3n) is 5.42. The van der Waals surface area contributed by atoms with Crippen molar-refractivity contribution in [3.05, 3.63) is 70.1 Å². The molecule has 1 aromatic heterocycles. The van der Waals surface area contributed by atoms with Gasteiger partial charge in [-0.15, -0.1) is 10.2 Å². The summed E-state index contributed by atoms with van der Waals surface area (Å²) in [4.78, 5) is 14.4. The Labute approximate surface area is 185 Å². The van der Waals surface area contributed by atoms with Gasteiger partial charge in [0.15, 0.2) is 0 Å². The van der Waals surface area contributed by atoms with E-state index in [2.05, 4.69) is 15.5 Å². The molecule has 2 heterocycles. The number of aliphatic hydroxyl groups is 1. The van der Waals surface area contributed by atoms with Crippen molar-refractivity contribution in [1.82, 2.24) is 15.1 Å². The maximum absolute atomic E-state index is 12.6. The van der Waals surface area contributed by atoms with Crippen molar-refractivity contribution in [2.24, 2.45) is 0 Å². The van der Waals surface area contributed by atoms with E-state index < -0.39 is 0 Å². The van der Waals surface area contributed by atoms with Crippen LogP contribution in [0.25, 0.3) is 17.0 Å². The summed E-state index contributed by atoms with van der Waals surface area (Å²) in [5.74, 6) is 0.466. The molecule has 7 nitrogen and oxygen atoms in total. The predicted octanol–water partition coefficient (Wildman–Crippen LogP) is 4.82. The second-order valence-electron chi connectivity index (χ2n) is 7.51. The first kappa shape index (κ1) is 21.1. The Hall–Kier alpha value is -3.16. The highest BCUT2D eigenvalue weighted by Crippen LogP contribution is 2.32. The van der Waals surface area contributed by atoms with Gasteiger partial charge in [0.1, 0.15) is 6.61 Å². The van der Waals surface area contributed by atoms with Crippen molar-refractivity contribution in [2.75, 3.05) is 18.4 Å². The largest absolute Gasteiger partial charge is 0.418 e. The fourth-order valence-corrected chi connectivity index (χ4v) is 3.76. The van der Waals surface area contributed by atoms with Crippen LogP contribution >= 0.6 is 11.6 Å². The second-order valence-corrected chi connectivity index (χ2v) is 7.92. The molecule has 2 N–H and O–H groups in total. The third-order valence-corrected chi connectivity index (χ3v) is 5.73. The number of nitrogens with zero attached hydrogens (tertiary/aromatic N) is 3. The van der Waals surface area contributed by atoms with E-state index in [1.807, 2.05) is 50.3 Å². The molecule has 0 unspecified atom stereocenters. The standard InChI is InChI=1S/C23H23ClN4O3/c1-14-3-5-18(11-15(14)2)25-23(30)28-9-7-16(8-10-28)19-6-4-17(12-20(19)24)22-27-26-21(13-29)31-22/h3-7,11-12,29H,8-10,13H2,1-2H3,(H,25,30). The van der Waals surface area contributed by atoms with Crippen LogP contribution < -0.4 is 5.32 Å². The summed E-state index contributed by atoms with van der Waals surface area (Å²) in [6, 6.07) is 11.3. The Morgan fingerprint density at radius 1 is 1.19 bits per heavy atom. The highest BCUT2D eigenvalue weighted by molar-refractivity contribution is 6.32. The van der Waals surface area contributed by atoms with E-state index in [1.54, 1.807) is 11.0 Å². The lowest BCUT2D eigenvalue weighted by Gasteiger charge is -2.27. The number of carbonyl (C=O) groups is 1. The molecule has 0 aliphatic carbocycles. The molecular weight excluding hydrogens is 416 g/mol. The van der Waals surface area contributed by atoms with Crippen LogP contribution in [0.3, 0.4) is 0 Å². The summed E-state index contributed by atoms with van der Waals surface area (Å²) in [6.07, 6.45) is 2.73. The molecule has 0 fully saturated rings. The number of anilines is 1. The monoisotopic (exact) mass is 438 g/mol. The van der Waals surface area contributed by atoms with E-state index in [-0.39, 0.29) is 18.5 Å². The molecule has 3 aromatic rings. The number of carbonyl (C=O) groups excluding carboxylic acids is 1. The number of halogens is 1. The number of rotatable bonds is 4. The minimum Gasteiger partial charge on any atom is -0.418 e. The first-order chi connectivity index (χ1) is 14.9. The summed E-state index contributed by atoms with van der Waals surface area (Å²) < 4.78 is 5.37. The molecule has 2 amide bonds. The van der Waals surface area contributed by atoms with E-state index in [0.29, 0.717) is 36.0 Å². The van der Waals surface area contributed by atoms with Gasteiger partial charge in [0, 0.05) is 29.4 Å². The van der Waals surface area contributed by atoms with Crippen LogP contribution in [0.5, 0.6) is 0 Å². The SMILES string of the molecule is Cc1ccc(NC(=O)N2CC=C(c3ccc(-c4nnc(CO)o4)cc3Cl)CC2)cc1C. The normalized spacial score (nSPS) is 13.8. The number of hydrogen-bond donors (Lipinski definition) is 2. The molecule has 31 heavy (non-hydrogen) atoms. The van der Waals surface area contributed by atoms with Gasteiger partial charge in [-0.2, -0.15) is 0 Å². The molecule has 160 valence electrons. The van der Waals surface area contributed by atoms with E-state index in [1.165, 1.54) is 5.56 Å². The predicted molar refractivity (Wildman–Crippen MR) is 120 cm³/mol. The lowest BCUT2D eigenvalue weighted by Crippen LogP contribution is -2.37. The van der Waals surface area contributed by atoms with Gasteiger partial charge in [0.05, 0.1) is 0 Å². The highest BCUT2D eigenvalue weighted by Gasteiger charge is 2.20. The van der Waals surface area contributed by atoms with Crippen molar-refractivity contribution in [3.8, 4) is 11.5 Å². The summed E-state index contributed by atoms with van der Waals surface area (Å²) in [5, 5.41) is 20.3. The summed E-state index contributed by atoms with van der Waals surface area (Å²) >= 11 is 6.51. The number of aryl methyl sites for hydroxylation is 2. The molecule has 2 aromatic carbocycles. The molecule has 1 aliphatic heterocycles. The quantitative estimate of drug-likeness (QED) is 0.609. The lowest BCUT2D eigenvalue weighted by atomic mass is 9.98. The molecule has 0 spiro atoms. The van der Waals surface area contributed by atoms with E-state index in [4.69, 9.17) is 21.1 Å². The number of aromatic nitrogens is 2. The first-order valence-corrected chi connectivity index (χ1v) is 10.4. The number of benzene rings is 2. The number of hydrogen-bond acceptors (Lipinski definition) is 5. The van der Waals surface area contributed by atoms with Gasteiger partial charge in [0.2, 0.25) is 11.8 Å². The number of nitrogens with one attached hydrogen (secondary N) is 1. The molecule has 0 radical (unpaired) electrons. The molecule has 1 aliphatic rings. The van der Waals surface area contributed by atoms with Crippen LogP contribution in [0.4, 0.5) is 10.5 Å². The maximum Gasteiger partial charge on any atom is 0.322 e. The molecule has 0 bridgehead atoms. The van der Waals surface area contributed by atoms with Crippen molar-refractivity contribution in [3.63, 3.8) is 0 Å². The Balaban J connectivity index is 1.43. The third kappa shape index (κ3) is 4.62. The molecule has 4 rings (SSSR count). The molecule has 0 atom stereocenters. The van der Waals surface area contributed by atoms with Gasteiger partial charge >= 0.3 is 6.03 Å². The number of urea groups is 1. The Morgan fingerprint density at radius 3 is 2.68 bits per heavy atom. The molecule has 0 saturated heterocycles. The van der Waals surface area contributed by atoms with Crippen LogP contribution in [0.2, 0.25) is 5.02 Å². The van der Waals surface area contributed by atoms with Crippen LogP contribution in [-0.2, 0) is 6.61 Å². The molecule has 0 saturated carbocycles. The topological polar surface area (TPSA) is 91.5 Å². The Kier molecular flexibility index (Phi) is 6.06. The average Bonchev–Trinajstić information content (AvgIpc) is 3.26. The van der Waals surface area contributed by atoms with Crippen molar-refractivity contribution >= 4 is 28.9 Å². The van der Waals surface area contributed by atoms with Gasteiger partial charge < -0.3 is 19.7 Å². The van der Waals surface area contributed by atoms with E-state index in [0.717, 1.165) is 22.4 Å². The van der Waals surface area contributed by atoms with Gasteiger partial charge in [-0.3, -0.25) is 0 Å². The van der Waals surface area contributed by atoms with Gasteiger partial charge in [-0.25, -0.2) is 4.79 Å². The van der Waals surface area contributed by atoms with E-state index >= 15 is 0 Å². The molecular formula is C23H23ClN4O3. The van der Waals surface area contributed by atoms with Crippen LogP contribution in [0, 0.1) is 13.8 Å². The fraction of sp³-hybridized carbons (Fsp3) is 0.261. The Morgan fingerprint density at radius 2 is 2.03 bits per heavy atom. The highest BCUT2D eigenvalue weighted by atomic mass is 35.5. The summed E-state index contributed by atoms with van der Waals surface area (Å²) in [6.45, 7) is 4.88. The first-order valence-electron chi connectivity index (χ1n) is 10.0. The van der Waals surface area contributed by atoms with Gasteiger partial charge in [-0.05, 0) is 66.8 Å². The fourth-order valence-electron chi connectivity index (χ4n) is 3.46. The van der Waals surface area contributed by atoms with Crippen LogP contribution in [-0.4, -0.2) is 39.3 Å². The van der Waals surface area contributed by atoms with Crippen molar-refractivity contribution in [2.45, 2.75) is 26.9 Å². The lowest BCUT2D eigenvalue weighted by molar-refractivity contribution is 0.217. The second kappa shape index (κ2) is 8.91. The van der Waals surface area contributed by atoms with E-state index in [9.17, 15) is 4.79 Å². The van der Waals surface area contributed by atoms with Crippen LogP contribution in [0.15, 0.2) is 46.9 Å². The van der Waals surface area contributed by atoms with Gasteiger partial charge in [-0.1, -0.05) is 29.8 Å². The zero-order chi connectivity index (χ0) is 22.0. The smallest absolute Gasteiger partial charge is 0.322 e. The van der Waals surface area contributed by atoms with Crippen LogP contribution in [0.1, 0.15) is 29.0 Å². The number of amides is 2. The number of aliphatic hydroxyl groups excluding tert-OH is 1. The maximum atomic E-state index is 12.6. The van der Waals surface area contributed by atoms with Crippen molar-refractivity contribution < 1.29 is 14.3 Å². The minimum absolute atomic E-state index is 0.115. The zero-order valence-corrected chi connectivity index (χ0v) is 18.1. The van der Waals surface area contributed by atoms with Gasteiger partial charge in [0.25, 0.3) is 0 Å². The van der Waals surface area contributed by atoms with Crippen molar-refractivity contribution in [1.29, 1.82) is 0 Å². The summed E-state index contributed by atoms with van der Waals surface area (Å²) in [7, 11) is 0. The minimum atomic E-state index is -0.306. The zero-order valence-electron chi connectivity index (χ0n) is 17.4.